The predicted octanol–water partition coefficient (Wildman–Crippen LogP) is 14.7. The van der Waals surface area contributed by atoms with Crippen molar-refractivity contribution in [2.75, 3.05) is 26.4 Å². The molecule has 0 aliphatic heterocycles. The highest BCUT2D eigenvalue weighted by Gasteiger charge is 2.27. The molecule has 11 heteroatoms. The van der Waals surface area contributed by atoms with Crippen LogP contribution in [0.2, 0.25) is 0 Å². The van der Waals surface area contributed by atoms with Crippen LogP contribution >= 0.6 is 7.82 Å². The van der Waals surface area contributed by atoms with Gasteiger partial charge in [-0.3, -0.25) is 18.6 Å². The molecule has 63 heavy (non-hydrogen) atoms. The van der Waals surface area contributed by atoms with Crippen molar-refractivity contribution >= 4 is 19.8 Å². The number of aliphatic hydroxyl groups excluding tert-OH is 2. The molecule has 0 heterocycles. The molecule has 0 saturated heterocycles. The van der Waals surface area contributed by atoms with Gasteiger partial charge >= 0.3 is 19.8 Å². The number of esters is 2. The summed E-state index contributed by atoms with van der Waals surface area (Å²) < 4.78 is 32.7. The van der Waals surface area contributed by atoms with Crippen LogP contribution in [-0.2, 0) is 32.7 Å². The standard InChI is InChI=1S/C52H97O10P/c1-3-5-7-9-11-13-15-17-19-21-22-23-24-25-26-28-30-32-34-36-38-40-42-44-52(56)62-50(46-54)48-60-63(57,58)59-47-49(45-53)61-51(55)43-41-39-37-35-33-31-29-27-20-18-16-14-12-10-8-6-4-2/h15,17-18,20-22,49-50,53-54H,3-14,16,19,23-48H2,1-2H3,(H,57,58)/b17-15-,20-18-,22-21-. The molecule has 0 aliphatic rings. The number of aliphatic hydroxyl groups is 2. The maximum absolute atomic E-state index is 12.4. The Balaban J connectivity index is 3.83. The highest BCUT2D eigenvalue weighted by molar-refractivity contribution is 7.47. The molecular weight excluding hydrogens is 816 g/mol. The van der Waals surface area contributed by atoms with Crippen LogP contribution in [0, 0.1) is 0 Å². The third kappa shape index (κ3) is 46.5. The third-order valence-corrected chi connectivity index (χ3v) is 12.3. The normalized spacial score (nSPS) is 13.9. The van der Waals surface area contributed by atoms with Crippen molar-refractivity contribution < 1.29 is 47.8 Å². The molecule has 3 atom stereocenters. The van der Waals surface area contributed by atoms with E-state index in [-0.39, 0.29) is 12.8 Å². The molecule has 0 bridgehead atoms. The lowest BCUT2D eigenvalue weighted by Gasteiger charge is -2.20. The first-order valence-corrected chi connectivity index (χ1v) is 27.4. The van der Waals surface area contributed by atoms with E-state index in [0.29, 0.717) is 12.8 Å². The van der Waals surface area contributed by atoms with Crippen molar-refractivity contribution in [2.45, 2.75) is 257 Å². The number of allylic oxidation sites excluding steroid dienone is 6. The van der Waals surface area contributed by atoms with Crippen LogP contribution < -0.4 is 0 Å². The minimum atomic E-state index is -4.64. The van der Waals surface area contributed by atoms with Crippen LogP contribution in [-0.4, -0.2) is 65.7 Å². The number of ether oxygens (including phenoxy) is 2. The fourth-order valence-electron chi connectivity index (χ4n) is 7.32. The van der Waals surface area contributed by atoms with Crippen LogP contribution in [0.4, 0.5) is 0 Å². The summed E-state index contributed by atoms with van der Waals surface area (Å²) in [5.41, 5.74) is 0. The highest BCUT2D eigenvalue weighted by Crippen LogP contribution is 2.43. The summed E-state index contributed by atoms with van der Waals surface area (Å²) in [6, 6.07) is 0. The van der Waals surface area contributed by atoms with Gasteiger partial charge < -0.3 is 24.6 Å². The fraction of sp³-hybridized carbons (Fsp3) is 0.846. The van der Waals surface area contributed by atoms with Crippen molar-refractivity contribution in [1.82, 2.24) is 0 Å². The van der Waals surface area contributed by atoms with Gasteiger partial charge in [0.15, 0.2) is 0 Å². The molecule has 0 aromatic heterocycles. The molecule has 3 unspecified atom stereocenters. The van der Waals surface area contributed by atoms with Crippen molar-refractivity contribution in [1.29, 1.82) is 0 Å². The SMILES string of the molecule is CCCCCCC/C=C\C/C=C\CCCCCCCCCCCCCC(=O)OC(CO)COP(=O)(O)OCC(CO)OC(=O)CCCCCCCCC/C=C\CCCCCCCC. The van der Waals surface area contributed by atoms with Crippen LogP contribution in [0.15, 0.2) is 36.5 Å². The number of hydrogen-bond donors (Lipinski definition) is 3. The number of rotatable bonds is 49. The molecular formula is C52H97O10P. The van der Waals surface area contributed by atoms with E-state index in [1.165, 1.54) is 154 Å². The third-order valence-electron chi connectivity index (χ3n) is 11.3. The number of carbonyl (C=O) groups is 2. The van der Waals surface area contributed by atoms with Crippen molar-refractivity contribution in [3.63, 3.8) is 0 Å². The molecule has 0 aliphatic carbocycles. The maximum atomic E-state index is 12.4. The van der Waals surface area contributed by atoms with Crippen LogP contribution in [0.3, 0.4) is 0 Å². The molecule has 0 saturated carbocycles. The Hall–Kier alpha value is -1.81. The van der Waals surface area contributed by atoms with Gasteiger partial charge in [-0.05, 0) is 70.6 Å². The van der Waals surface area contributed by atoms with E-state index < -0.39 is 58.4 Å². The molecule has 0 rings (SSSR count). The van der Waals surface area contributed by atoms with E-state index >= 15 is 0 Å². The number of phosphoric acid groups is 1. The first-order chi connectivity index (χ1) is 30.8. The van der Waals surface area contributed by atoms with E-state index in [4.69, 9.17) is 18.5 Å². The second kappa shape index (κ2) is 48.1. The Bertz CT molecular complexity index is 1140. The molecule has 3 N–H and O–H groups in total. The van der Waals surface area contributed by atoms with Gasteiger partial charge in [-0.25, -0.2) is 4.57 Å². The predicted molar refractivity (Wildman–Crippen MR) is 261 cm³/mol. The second-order valence-electron chi connectivity index (χ2n) is 17.5. The Morgan fingerprint density at radius 1 is 0.429 bits per heavy atom. The van der Waals surface area contributed by atoms with E-state index in [9.17, 15) is 29.3 Å². The summed E-state index contributed by atoms with van der Waals surface area (Å²) in [4.78, 5) is 34.7. The molecule has 0 amide bonds. The van der Waals surface area contributed by atoms with Gasteiger partial charge in [-0.1, -0.05) is 198 Å². The van der Waals surface area contributed by atoms with Crippen LogP contribution in [0.1, 0.15) is 245 Å². The Kier molecular flexibility index (Phi) is 46.7. The van der Waals surface area contributed by atoms with E-state index in [1.807, 2.05) is 0 Å². The van der Waals surface area contributed by atoms with E-state index in [0.717, 1.165) is 51.4 Å². The van der Waals surface area contributed by atoms with Crippen LogP contribution in [0.25, 0.3) is 0 Å². The van der Waals surface area contributed by atoms with Gasteiger partial charge in [0.2, 0.25) is 0 Å². The zero-order valence-electron chi connectivity index (χ0n) is 40.5. The molecule has 0 fully saturated rings. The van der Waals surface area contributed by atoms with Gasteiger partial charge in [0.1, 0.15) is 12.2 Å². The van der Waals surface area contributed by atoms with Gasteiger partial charge in [0, 0.05) is 12.8 Å². The molecule has 10 nitrogen and oxygen atoms in total. The topological polar surface area (TPSA) is 149 Å². The van der Waals surface area contributed by atoms with Crippen molar-refractivity contribution in [3.05, 3.63) is 36.5 Å². The lowest BCUT2D eigenvalue weighted by atomic mass is 10.0. The summed E-state index contributed by atoms with van der Waals surface area (Å²) in [5.74, 6) is -1.02. The second-order valence-corrected chi connectivity index (χ2v) is 19.0. The zero-order valence-corrected chi connectivity index (χ0v) is 41.4. The molecule has 0 radical (unpaired) electrons. The van der Waals surface area contributed by atoms with Gasteiger partial charge in [-0.2, -0.15) is 0 Å². The minimum Gasteiger partial charge on any atom is -0.457 e. The molecule has 0 aromatic rings. The Morgan fingerprint density at radius 2 is 0.698 bits per heavy atom. The molecule has 370 valence electrons. The minimum absolute atomic E-state index is 0.188. The lowest BCUT2D eigenvalue weighted by molar-refractivity contribution is -0.153. The Morgan fingerprint density at radius 3 is 1.00 bits per heavy atom. The van der Waals surface area contributed by atoms with Crippen molar-refractivity contribution in [2.24, 2.45) is 0 Å². The van der Waals surface area contributed by atoms with Gasteiger partial charge in [-0.15, -0.1) is 0 Å². The first-order valence-electron chi connectivity index (χ1n) is 25.9. The summed E-state index contributed by atoms with van der Waals surface area (Å²) in [6.07, 6.45) is 52.6. The highest BCUT2D eigenvalue weighted by atomic mass is 31.2. The smallest absolute Gasteiger partial charge is 0.457 e. The number of carbonyl (C=O) groups excluding carboxylic acids is 2. The number of phosphoric ester groups is 1. The van der Waals surface area contributed by atoms with Crippen LogP contribution in [0.5, 0.6) is 0 Å². The number of unbranched alkanes of at least 4 members (excludes halogenated alkanes) is 29. The first kappa shape index (κ1) is 61.2. The summed E-state index contributed by atoms with van der Waals surface area (Å²) >= 11 is 0. The van der Waals surface area contributed by atoms with Gasteiger partial charge in [0.25, 0.3) is 0 Å². The summed E-state index contributed by atoms with van der Waals surface area (Å²) in [5, 5.41) is 19.3. The molecule has 0 aromatic carbocycles. The summed E-state index contributed by atoms with van der Waals surface area (Å²) in [6.45, 7) is 2.22. The van der Waals surface area contributed by atoms with Crippen molar-refractivity contribution in [3.8, 4) is 0 Å². The average molecular weight is 913 g/mol. The largest absolute Gasteiger partial charge is 0.472 e. The molecule has 0 spiro atoms. The van der Waals surface area contributed by atoms with E-state index in [2.05, 4.69) is 50.3 Å². The summed E-state index contributed by atoms with van der Waals surface area (Å²) in [7, 11) is -4.64. The quantitative estimate of drug-likeness (QED) is 0.0233. The zero-order chi connectivity index (χ0) is 46.2. The van der Waals surface area contributed by atoms with E-state index in [1.54, 1.807) is 0 Å². The van der Waals surface area contributed by atoms with Gasteiger partial charge in [0.05, 0.1) is 26.4 Å². The number of hydrogen-bond acceptors (Lipinski definition) is 9. The fourth-order valence-corrected chi connectivity index (χ4v) is 8.10. The lowest BCUT2D eigenvalue weighted by Crippen LogP contribution is -2.28. The average Bonchev–Trinajstić information content (AvgIpc) is 3.27. The Labute approximate surface area is 386 Å². The maximum Gasteiger partial charge on any atom is 0.472 e. The monoisotopic (exact) mass is 913 g/mol.